The van der Waals surface area contributed by atoms with Crippen LogP contribution in [0.25, 0.3) is 10.3 Å². The minimum absolute atomic E-state index is 0.0339. The van der Waals surface area contributed by atoms with E-state index in [9.17, 15) is 4.79 Å². The number of carbonyl (C=O) groups is 1. The highest BCUT2D eigenvalue weighted by molar-refractivity contribution is 7.17. The smallest absolute Gasteiger partial charge is 0.223 e. The van der Waals surface area contributed by atoms with Crippen LogP contribution < -0.4 is 16.0 Å². The molecule has 0 bridgehead atoms. The standard InChI is InChI=1S/C12H14N6OS/c13-9(19)7-1-18(4-12(7)2-14-3-12)11-8-10(15-5-16-11)17-6-20-8/h5-7,14H,1-4H2,(H2,13,19). The monoisotopic (exact) mass is 290 g/mol. The van der Waals surface area contributed by atoms with Crippen molar-refractivity contribution >= 4 is 33.4 Å². The van der Waals surface area contributed by atoms with Gasteiger partial charge in [0.05, 0.1) is 11.4 Å². The molecule has 4 rings (SSSR count). The molecule has 2 aromatic rings. The average Bonchev–Trinajstić information content (AvgIpc) is 3.01. The van der Waals surface area contributed by atoms with Gasteiger partial charge in [0.25, 0.3) is 0 Å². The zero-order valence-corrected chi connectivity index (χ0v) is 11.6. The normalized spacial score (nSPS) is 24.2. The van der Waals surface area contributed by atoms with Crippen LogP contribution in [0.3, 0.4) is 0 Å². The molecule has 4 heterocycles. The third kappa shape index (κ3) is 1.55. The molecule has 2 aromatic heterocycles. The van der Waals surface area contributed by atoms with Crippen molar-refractivity contribution in [2.75, 3.05) is 31.1 Å². The summed E-state index contributed by atoms with van der Waals surface area (Å²) in [5, 5.41) is 3.26. The lowest BCUT2D eigenvalue weighted by Gasteiger charge is -2.42. The number of aromatic nitrogens is 3. The first-order chi connectivity index (χ1) is 9.70. The Morgan fingerprint density at radius 3 is 2.95 bits per heavy atom. The molecule has 2 aliphatic heterocycles. The molecule has 0 radical (unpaired) electrons. The zero-order valence-electron chi connectivity index (χ0n) is 10.7. The second-order valence-electron chi connectivity index (χ2n) is 5.50. The van der Waals surface area contributed by atoms with Crippen LogP contribution in [0.2, 0.25) is 0 Å². The van der Waals surface area contributed by atoms with Gasteiger partial charge >= 0.3 is 0 Å². The number of thiazole rings is 1. The molecule has 8 heteroatoms. The van der Waals surface area contributed by atoms with Gasteiger partial charge in [-0.25, -0.2) is 15.0 Å². The highest BCUT2D eigenvalue weighted by Crippen LogP contribution is 2.42. The molecule has 104 valence electrons. The van der Waals surface area contributed by atoms with Crippen LogP contribution in [0.1, 0.15) is 0 Å². The quantitative estimate of drug-likeness (QED) is 0.781. The molecule has 0 aliphatic carbocycles. The summed E-state index contributed by atoms with van der Waals surface area (Å²) in [6, 6.07) is 0. The van der Waals surface area contributed by atoms with E-state index in [1.165, 1.54) is 17.7 Å². The third-order valence-corrected chi connectivity index (χ3v) is 5.17. The molecule has 7 nitrogen and oxygen atoms in total. The van der Waals surface area contributed by atoms with Gasteiger partial charge < -0.3 is 16.0 Å². The van der Waals surface area contributed by atoms with Crippen molar-refractivity contribution in [3.8, 4) is 0 Å². The summed E-state index contributed by atoms with van der Waals surface area (Å²) in [5.74, 6) is 0.526. The average molecular weight is 290 g/mol. The highest BCUT2D eigenvalue weighted by Gasteiger charge is 2.53. The number of carbonyl (C=O) groups excluding carboxylic acids is 1. The number of hydrogen-bond acceptors (Lipinski definition) is 7. The number of primary amides is 1. The fourth-order valence-corrected chi connectivity index (χ4v) is 3.99. The van der Waals surface area contributed by atoms with Gasteiger partial charge in [0, 0.05) is 31.6 Å². The number of nitrogens with two attached hydrogens (primary N) is 1. The van der Waals surface area contributed by atoms with E-state index in [2.05, 4.69) is 25.2 Å². The summed E-state index contributed by atoms with van der Waals surface area (Å²) in [4.78, 5) is 26.6. The molecule has 2 saturated heterocycles. The topological polar surface area (TPSA) is 97.0 Å². The maximum atomic E-state index is 11.7. The maximum Gasteiger partial charge on any atom is 0.223 e. The summed E-state index contributed by atoms with van der Waals surface area (Å²) >= 11 is 1.53. The predicted octanol–water partition coefficient (Wildman–Crippen LogP) is -0.403. The predicted molar refractivity (Wildman–Crippen MR) is 75.4 cm³/mol. The highest BCUT2D eigenvalue weighted by atomic mass is 32.1. The van der Waals surface area contributed by atoms with E-state index in [0.29, 0.717) is 12.2 Å². The molecule has 20 heavy (non-hydrogen) atoms. The molecular weight excluding hydrogens is 276 g/mol. The molecule has 1 spiro atoms. The lowest BCUT2D eigenvalue weighted by atomic mass is 9.73. The summed E-state index contributed by atoms with van der Waals surface area (Å²) in [6.45, 7) is 3.11. The number of amides is 1. The van der Waals surface area contributed by atoms with Crippen molar-refractivity contribution in [1.29, 1.82) is 0 Å². The van der Waals surface area contributed by atoms with E-state index in [1.54, 1.807) is 5.51 Å². The Morgan fingerprint density at radius 2 is 2.30 bits per heavy atom. The second kappa shape index (κ2) is 4.10. The van der Waals surface area contributed by atoms with Gasteiger partial charge in [-0.05, 0) is 0 Å². The van der Waals surface area contributed by atoms with Crippen molar-refractivity contribution in [1.82, 2.24) is 20.3 Å². The number of nitrogens with one attached hydrogen (secondary N) is 1. The van der Waals surface area contributed by atoms with Gasteiger partial charge in [0.1, 0.15) is 11.0 Å². The molecule has 0 aromatic carbocycles. The van der Waals surface area contributed by atoms with Crippen molar-refractivity contribution in [2.45, 2.75) is 0 Å². The molecule has 2 aliphatic rings. The Morgan fingerprint density at radius 1 is 1.45 bits per heavy atom. The fraction of sp³-hybridized carbons (Fsp3) is 0.500. The Hall–Kier alpha value is -1.80. The van der Waals surface area contributed by atoms with Gasteiger partial charge in [-0.3, -0.25) is 4.79 Å². The van der Waals surface area contributed by atoms with Crippen LogP contribution in [-0.2, 0) is 4.79 Å². The summed E-state index contributed by atoms with van der Waals surface area (Å²) in [5.41, 5.74) is 8.03. The molecule has 2 fully saturated rings. The number of hydrogen-bond donors (Lipinski definition) is 2. The van der Waals surface area contributed by atoms with E-state index in [4.69, 9.17) is 5.73 Å². The summed E-state index contributed by atoms with van der Waals surface area (Å²) in [6.07, 6.45) is 1.53. The first kappa shape index (κ1) is 12.0. The lowest BCUT2D eigenvalue weighted by Crippen LogP contribution is -2.60. The fourth-order valence-electron chi connectivity index (χ4n) is 3.23. The van der Waals surface area contributed by atoms with Crippen molar-refractivity contribution in [2.24, 2.45) is 17.1 Å². The number of nitrogens with zero attached hydrogens (tertiary/aromatic N) is 4. The van der Waals surface area contributed by atoms with Crippen molar-refractivity contribution in [3.63, 3.8) is 0 Å². The first-order valence-corrected chi connectivity index (χ1v) is 7.37. The SMILES string of the molecule is NC(=O)C1CN(c2ncnc3ncsc23)CC12CNC2. The van der Waals surface area contributed by atoms with E-state index in [-0.39, 0.29) is 17.2 Å². The minimum atomic E-state index is -0.219. The molecule has 0 saturated carbocycles. The number of fused-ring (bicyclic) bond motifs is 1. The van der Waals surface area contributed by atoms with Crippen LogP contribution in [-0.4, -0.2) is 47.0 Å². The van der Waals surface area contributed by atoms with Crippen LogP contribution >= 0.6 is 11.3 Å². The second-order valence-corrected chi connectivity index (χ2v) is 6.36. The molecular formula is C12H14N6OS. The largest absolute Gasteiger partial charge is 0.369 e. The summed E-state index contributed by atoms with van der Waals surface area (Å²) in [7, 11) is 0. The first-order valence-electron chi connectivity index (χ1n) is 6.49. The summed E-state index contributed by atoms with van der Waals surface area (Å²) < 4.78 is 0.972. The van der Waals surface area contributed by atoms with Crippen molar-refractivity contribution in [3.05, 3.63) is 11.8 Å². The van der Waals surface area contributed by atoms with Crippen molar-refractivity contribution < 1.29 is 4.79 Å². The van der Waals surface area contributed by atoms with E-state index in [1.807, 2.05) is 0 Å². The van der Waals surface area contributed by atoms with E-state index >= 15 is 0 Å². The van der Waals surface area contributed by atoms with Crippen LogP contribution in [0.4, 0.5) is 5.82 Å². The van der Waals surface area contributed by atoms with Crippen LogP contribution in [0, 0.1) is 11.3 Å². The number of anilines is 1. The minimum Gasteiger partial charge on any atom is -0.369 e. The van der Waals surface area contributed by atoms with E-state index in [0.717, 1.165) is 30.2 Å². The van der Waals surface area contributed by atoms with Crippen LogP contribution in [0.15, 0.2) is 11.8 Å². The molecule has 3 N–H and O–H groups in total. The lowest BCUT2D eigenvalue weighted by molar-refractivity contribution is -0.125. The number of rotatable bonds is 2. The Kier molecular flexibility index (Phi) is 2.45. The van der Waals surface area contributed by atoms with Crippen LogP contribution in [0.5, 0.6) is 0 Å². The van der Waals surface area contributed by atoms with Gasteiger partial charge in [-0.15, -0.1) is 11.3 Å². The third-order valence-electron chi connectivity index (χ3n) is 4.36. The Balaban J connectivity index is 1.73. The molecule has 1 amide bonds. The van der Waals surface area contributed by atoms with Gasteiger partial charge in [-0.1, -0.05) is 0 Å². The zero-order chi connectivity index (χ0) is 13.7. The molecule has 1 unspecified atom stereocenters. The maximum absolute atomic E-state index is 11.7. The van der Waals surface area contributed by atoms with Gasteiger partial charge in [0.15, 0.2) is 11.5 Å². The molecule has 1 atom stereocenters. The Bertz CT molecular complexity index is 681. The Labute approximate surface area is 119 Å². The van der Waals surface area contributed by atoms with E-state index < -0.39 is 0 Å². The van der Waals surface area contributed by atoms with Gasteiger partial charge in [-0.2, -0.15) is 0 Å². The van der Waals surface area contributed by atoms with Gasteiger partial charge in [0.2, 0.25) is 5.91 Å².